The Labute approximate surface area is 238 Å². The number of hydrogen-bond donors (Lipinski definition) is 2. The van der Waals surface area contributed by atoms with E-state index in [2.05, 4.69) is 10.6 Å². The molecule has 9 nitrogen and oxygen atoms in total. The van der Waals surface area contributed by atoms with Crippen molar-refractivity contribution in [2.45, 2.75) is 91.8 Å². The van der Waals surface area contributed by atoms with Crippen molar-refractivity contribution in [2.24, 2.45) is 0 Å². The Morgan fingerprint density at radius 2 is 1.22 bits per heavy atom. The molecular formula is C29H38F3N3O6. The first kappa shape index (κ1) is 33.2. The molecule has 12 heteroatoms. The fourth-order valence-electron chi connectivity index (χ4n) is 3.35. The van der Waals surface area contributed by atoms with Crippen LogP contribution >= 0.6 is 0 Å². The van der Waals surface area contributed by atoms with Gasteiger partial charge in [0.25, 0.3) is 0 Å². The molecule has 0 unspecified atom stereocenters. The number of ether oxygens (including phenoxy) is 3. The summed E-state index contributed by atoms with van der Waals surface area (Å²) in [6, 6.07) is 8.80. The van der Waals surface area contributed by atoms with E-state index in [1.165, 1.54) is 30.3 Å². The number of rotatable bonds is 5. The lowest BCUT2D eigenvalue weighted by Crippen LogP contribution is -2.36. The second-order valence-electron chi connectivity index (χ2n) is 12.2. The molecule has 41 heavy (non-hydrogen) atoms. The summed E-state index contributed by atoms with van der Waals surface area (Å²) in [7, 11) is 0. The van der Waals surface area contributed by atoms with E-state index in [1.807, 2.05) is 0 Å². The Hall–Kier alpha value is -3.96. The van der Waals surface area contributed by atoms with Crippen molar-refractivity contribution in [1.82, 2.24) is 0 Å². The third kappa shape index (κ3) is 11.6. The minimum absolute atomic E-state index is 0.0419. The molecule has 2 aromatic carbocycles. The largest absolute Gasteiger partial charge is 0.444 e. The van der Waals surface area contributed by atoms with Gasteiger partial charge in [-0.05, 0) is 98.2 Å². The number of hydrogen-bond acceptors (Lipinski definition) is 6. The van der Waals surface area contributed by atoms with E-state index in [9.17, 15) is 27.6 Å². The van der Waals surface area contributed by atoms with Crippen molar-refractivity contribution < 1.29 is 41.8 Å². The van der Waals surface area contributed by atoms with Gasteiger partial charge in [0, 0.05) is 5.69 Å². The van der Waals surface area contributed by atoms with Crippen LogP contribution in [-0.2, 0) is 26.9 Å². The third-order valence-electron chi connectivity index (χ3n) is 4.79. The van der Waals surface area contributed by atoms with Gasteiger partial charge >= 0.3 is 24.5 Å². The van der Waals surface area contributed by atoms with E-state index < -0.39 is 46.8 Å². The molecule has 0 aliphatic rings. The molecule has 0 aliphatic heterocycles. The predicted molar refractivity (Wildman–Crippen MR) is 150 cm³/mol. The Morgan fingerprint density at radius 1 is 0.707 bits per heavy atom. The molecule has 0 atom stereocenters. The first-order chi connectivity index (χ1) is 18.5. The second-order valence-corrected chi connectivity index (χ2v) is 12.2. The number of carbonyl (C=O) groups excluding carboxylic acids is 3. The van der Waals surface area contributed by atoms with Crippen LogP contribution in [0.15, 0.2) is 42.5 Å². The summed E-state index contributed by atoms with van der Waals surface area (Å²) in [6.45, 7) is 14.7. The number of carbonyl (C=O) groups is 3. The fourth-order valence-corrected chi connectivity index (χ4v) is 3.35. The summed E-state index contributed by atoms with van der Waals surface area (Å²) >= 11 is 0. The summed E-state index contributed by atoms with van der Waals surface area (Å²) in [6.07, 6.45) is -7.06. The van der Waals surface area contributed by atoms with E-state index in [4.69, 9.17) is 14.2 Å². The fraction of sp³-hybridized carbons (Fsp3) is 0.483. The molecule has 0 heterocycles. The summed E-state index contributed by atoms with van der Waals surface area (Å²) in [5, 5.41) is 5.10. The number of amides is 3. The number of anilines is 3. The molecule has 0 saturated heterocycles. The van der Waals surface area contributed by atoms with Crippen LogP contribution in [0.3, 0.4) is 0 Å². The molecule has 0 aliphatic carbocycles. The zero-order chi connectivity index (χ0) is 31.4. The third-order valence-corrected chi connectivity index (χ3v) is 4.79. The zero-order valence-electron chi connectivity index (χ0n) is 24.8. The quantitative estimate of drug-likeness (QED) is 0.344. The van der Waals surface area contributed by atoms with E-state index in [0.717, 1.165) is 17.0 Å². The van der Waals surface area contributed by atoms with Gasteiger partial charge in [0.1, 0.15) is 16.8 Å². The maximum atomic E-state index is 13.4. The van der Waals surface area contributed by atoms with Gasteiger partial charge < -0.3 is 14.2 Å². The van der Waals surface area contributed by atoms with Crippen molar-refractivity contribution in [1.29, 1.82) is 0 Å². The average molecular weight is 582 g/mol. The highest BCUT2D eigenvalue weighted by Gasteiger charge is 2.31. The van der Waals surface area contributed by atoms with Crippen molar-refractivity contribution in [3.8, 4) is 0 Å². The normalized spacial score (nSPS) is 12.3. The first-order valence-corrected chi connectivity index (χ1v) is 12.8. The molecule has 226 valence electrons. The van der Waals surface area contributed by atoms with E-state index >= 15 is 0 Å². The molecule has 2 rings (SSSR count). The first-order valence-electron chi connectivity index (χ1n) is 12.8. The Kier molecular flexibility index (Phi) is 9.95. The topological polar surface area (TPSA) is 106 Å². The van der Waals surface area contributed by atoms with Gasteiger partial charge in [-0.25, -0.2) is 14.4 Å². The molecule has 0 saturated carbocycles. The summed E-state index contributed by atoms with van der Waals surface area (Å²) < 4.78 is 56.2. The summed E-state index contributed by atoms with van der Waals surface area (Å²) in [5.74, 6) is 0. The number of nitrogens with zero attached hydrogens (tertiary/aromatic N) is 1. The average Bonchev–Trinajstić information content (AvgIpc) is 2.74. The van der Waals surface area contributed by atoms with E-state index in [0.29, 0.717) is 0 Å². The number of alkyl halides is 3. The van der Waals surface area contributed by atoms with Crippen molar-refractivity contribution in [3.05, 3.63) is 53.6 Å². The Morgan fingerprint density at radius 3 is 1.71 bits per heavy atom. The van der Waals surface area contributed by atoms with Crippen LogP contribution in [0.5, 0.6) is 0 Å². The van der Waals surface area contributed by atoms with Crippen LogP contribution in [0.4, 0.5) is 44.6 Å². The number of halogens is 3. The summed E-state index contributed by atoms with van der Waals surface area (Å²) in [5.41, 5.74) is -2.92. The summed E-state index contributed by atoms with van der Waals surface area (Å²) in [4.78, 5) is 39.5. The lowest BCUT2D eigenvalue weighted by Gasteiger charge is -2.28. The molecule has 3 amide bonds. The van der Waals surface area contributed by atoms with Crippen LogP contribution in [0.2, 0.25) is 0 Å². The van der Waals surface area contributed by atoms with Gasteiger partial charge in [-0.1, -0.05) is 12.1 Å². The Balaban J connectivity index is 2.57. The molecular weight excluding hydrogens is 543 g/mol. The van der Waals surface area contributed by atoms with Gasteiger partial charge in [-0.15, -0.1) is 0 Å². The minimum atomic E-state index is -4.58. The molecule has 2 N–H and O–H groups in total. The highest BCUT2D eigenvalue weighted by atomic mass is 19.4. The maximum absolute atomic E-state index is 13.4. The highest BCUT2D eigenvalue weighted by Crippen LogP contribution is 2.33. The van der Waals surface area contributed by atoms with Crippen LogP contribution in [0, 0.1) is 0 Å². The van der Waals surface area contributed by atoms with Crippen LogP contribution < -0.4 is 15.5 Å². The minimum Gasteiger partial charge on any atom is -0.444 e. The Bertz CT molecular complexity index is 1260. The molecule has 0 fully saturated rings. The van der Waals surface area contributed by atoms with Gasteiger partial charge in [0.05, 0.1) is 23.5 Å². The molecule has 0 radical (unpaired) electrons. The van der Waals surface area contributed by atoms with Gasteiger partial charge in [0.15, 0.2) is 0 Å². The maximum Gasteiger partial charge on any atom is 0.416 e. The zero-order valence-corrected chi connectivity index (χ0v) is 24.8. The number of benzene rings is 2. The van der Waals surface area contributed by atoms with Gasteiger partial charge in [0.2, 0.25) is 0 Å². The number of nitrogens with one attached hydrogen (secondary N) is 2. The molecule has 0 spiro atoms. The monoisotopic (exact) mass is 581 g/mol. The van der Waals surface area contributed by atoms with Crippen LogP contribution in [0.25, 0.3) is 0 Å². The lowest BCUT2D eigenvalue weighted by atomic mass is 10.1. The van der Waals surface area contributed by atoms with Crippen LogP contribution in [-0.4, -0.2) is 35.1 Å². The van der Waals surface area contributed by atoms with Crippen LogP contribution in [0.1, 0.15) is 73.4 Å². The predicted octanol–water partition coefficient (Wildman–Crippen LogP) is 8.34. The molecule has 0 aromatic heterocycles. The smallest absolute Gasteiger partial charge is 0.416 e. The van der Waals surface area contributed by atoms with E-state index in [1.54, 1.807) is 62.3 Å². The molecule has 0 bridgehead atoms. The standard InChI is InChI=1S/C29H38F3N3O6/c1-26(2,3)39-23(36)33-21-14-13-20(16-22(21)34-24(37)40-27(4,5)6)35(25(38)41-28(7,8)9)17-18-11-10-12-19(15-18)29(30,31)32/h10-16H,17H2,1-9H3,(H,33,36)(H,34,37). The van der Waals surface area contributed by atoms with Crippen molar-refractivity contribution in [3.63, 3.8) is 0 Å². The second kappa shape index (κ2) is 12.3. The van der Waals surface area contributed by atoms with Crippen molar-refractivity contribution in [2.75, 3.05) is 15.5 Å². The SMILES string of the molecule is CC(C)(C)OC(=O)Nc1ccc(N(Cc2cccc(C(F)(F)F)c2)C(=O)OC(C)(C)C)cc1NC(=O)OC(C)(C)C. The van der Waals surface area contributed by atoms with Gasteiger partial charge in [-0.3, -0.25) is 15.5 Å². The van der Waals surface area contributed by atoms with E-state index in [-0.39, 0.29) is 29.2 Å². The highest BCUT2D eigenvalue weighted by molar-refractivity contribution is 5.98. The molecule has 2 aromatic rings. The lowest BCUT2D eigenvalue weighted by molar-refractivity contribution is -0.137. The van der Waals surface area contributed by atoms with Crippen molar-refractivity contribution >= 4 is 35.3 Å². The van der Waals surface area contributed by atoms with Gasteiger partial charge in [-0.2, -0.15) is 13.2 Å².